The van der Waals surface area contributed by atoms with Crippen molar-refractivity contribution in [1.29, 1.82) is 0 Å². The topological polar surface area (TPSA) is 66.4 Å². The monoisotopic (exact) mass is 207 g/mol. The third-order valence-corrected chi connectivity index (χ3v) is 2.07. The Morgan fingerprint density at radius 1 is 1.33 bits per heavy atom. The lowest BCUT2D eigenvalue weighted by atomic mass is 10.0. The molecular formula is C11H13NO3. The molecule has 1 rings (SSSR count). The molecule has 80 valence electrons. The molecule has 1 unspecified atom stereocenters. The van der Waals surface area contributed by atoms with Gasteiger partial charge in [-0.05, 0) is 18.9 Å². The first-order valence-corrected chi connectivity index (χ1v) is 4.63. The fourth-order valence-corrected chi connectivity index (χ4v) is 1.30. The molecule has 0 saturated carbocycles. The number of hydrogen-bond donors (Lipinski definition) is 2. The highest BCUT2D eigenvalue weighted by Gasteiger charge is 2.16. The van der Waals surface area contributed by atoms with Crippen LogP contribution in [0.15, 0.2) is 30.3 Å². The van der Waals surface area contributed by atoms with Gasteiger partial charge < -0.3 is 10.4 Å². The summed E-state index contributed by atoms with van der Waals surface area (Å²) in [5, 5.41) is 10.7. The van der Waals surface area contributed by atoms with Gasteiger partial charge in [-0.15, -0.1) is 0 Å². The van der Waals surface area contributed by atoms with Crippen molar-refractivity contribution >= 4 is 11.9 Å². The van der Waals surface area contributed by atoms with E-state index in [0.717, 1.165) is 5.56 Å². The molecule has 1 atom stereocenters. The fourth-order valence-electron chi connectivity index (χ4n) is 1.30. The van der Waals surface area contributed by atoms with Gasteiger partial charge in [-0.3, -0.25) is 4.79 Å². The van der Waals surface area contributed by atoms with Gasteiger partial charge in [0, 0.05) is 0 Å². The highest BCUT2D eigenvalue weighted by molar-refractivity contribution is 5.85. The van der Waals surface area contributed by atoms with Crippen molar-refractivity contribution in [3.05, 3.63) is 35.9 Å². The Labute approximate surface area is 87.9 Å². The van der Waals surface area contributed by atoms with E-state index in [-0.39, 0.29) is 5.78 Å². The molecule has 15 heavy (non-hydrogen) atoms. The predicted octanol–water partition coefficient (Wildman–Crippen LogP) is 1.45. The van der Waals surface area contributed by atoms with E-state index in [1.165, 1.54) is 6.92 Å². The van der Waals surface area contributed by atoms with E-state index in [4.69, 9.17) is 5.11 Å². The van der Waals surface area contributed by atoms with E-state index in [2.05, 4.69) is 5.32 Å². The summed E-state index contributed by atoms with van der Waals surface area (Å²) >= 11 is 0. The third kappa shape index (κ3) is 3.81. The average Bonchev–Trinajstić information content (AvgIpc) is 2.17. The van der Waals surface area contributed by atoms with Gasteiger partial charge in [0.15, 0.2) is 5.78 Å². The van der Waals surface area contributed by atoms with Crippen LogP contribution in [-0.4, -0.2) is 23.0 Å². The Kier molecular flexibility index (Phi) is 3.85. The molecule has 0 saturated heterocycles. The lowest BCUT2D eigenvalue weighted by molar-refractivity contribution is -0.118. The molecule has 0 bridgehead atoms. The average molecular weight is 207 g/mol. The van der Waals surface area contributed by atoms with E-state index in [0.29, 0.717) is 6.42 Å². The van der Waals surface area contributed by atoms with Gasteiger partial charge >= 0.3 is 6.09 Å². The zero-order valence-electron chi connectivity index (χ0n) is 8.43. The van der Waals surface area contributed by atoms with Crippen LogP contribution in [0.4, 0.5) is 4.79 Å². The molecule has 0 radical (unpaired) electrons. The molecule has 0 aliphatic heterocycles. The second-order valence-corrected chi connectivity index (χ2v) is 3.30. The molecule has 0 spiro atoms. The molecule has 0 fully saturated rings. The maximum Gasteiger partial charge on any atom is 0.405 e. The number of Topliss-reactive ketones (excluding diaryl/α,β-unsaturated/α-hetero) is 1. The van der Waals surface area contributed by atoms with Crippen molar-refractivity contribution in [2.45, 2.75) is 19.4 Å². The summed E-state index contributed by atoms with van der Waals surface area (Å²) in [4.78, 5) is 21.6. The molecule has 1 aromatic rings. The first-order valence-electron chi connectivity index (χ1n) is 4.63. The lowest BCUT2D eigenvalue weighted by Crippen LogP contribution is -2.40. The van der Waals surface area contributed by atoms with Crippen molar-refractivity contribution in [3.8, 4) is 0 Å². The molecule has 1 aromatic carbocycles. The number of carboxylic acid groups (broad SMARTS) is 1. The van der Waals surface area contributed by atoms with E-state index in [1.807, 2.05) is 30.3 Å². The van der Waals surface area contributed by atoms with Gasteiger partial charge in [0.25, 0.3) is 0 Å². The maximum atomic E-state index is 11.2. The minimum absolute atomic E-state index is 0.179. The number of nitrogens with one attached hydrogen (secondary N) is 1. The number of ketones is 1. The summed E-state index contributed by atoms with van der Waals surface area (Å²) in [6.07, 6.45) is -0.784. The molecule has 4 nitrogen and oxygen atoms in total. The SMILES string of the molecule is CC(=O)C(Cc1ccccc1)NC(=O)O. The molecule has 0 aliphatic carbocycles. The van der Waals surface area contributed by atoms with Crippen LogP contribution in [0.5, 0.6) is 0 Å². The summed E-state index contributed by atoms with van der Waals surface area (Å²) in [6, 6.07) is 8.64. The first kappa shape index (κ1) is 11.2. The zero-order valence-corrected chi connectivity index (χ0v) is 8.43. The molecule has 0 aliphatic rings. The molecule has 0 aromatic heterocycles. The van der Waals surface area contributed by atoms with Gasteiger partial charge in [-0.2, -0.15) is 0 Å². The van der Waals surface area contributed by atoms with Crippen LogP contribution in [0.1, 0.15) is 12.5 Å². The Morgan fingerprint density at radius 3 is 2.40 bits per heavy atom. The maximum absolute atomic E-state index is 11.2. The summed E-state index contributed by atoms with van der Waals surface area (Å²) < 4.78 is 0. The van der Waals surface area contributed by atoms with E-state index >= 15 is 0 Å². The van der Waals surface area contributed by atoms with Gasteiger partial charge in [0.2, 0.25) is 0 Å². The summed E-state index contributed by atoms with van der Waals surface area (Å²) in [7, 11) is 0. The van der Waals surface area contributed by atoms with Crippen molar-refractivity contribution < 1.29 is 14.7 Å². The molecule has 2 N–H and O–H groups in total. The number of rotatable bonds is 4. The molecular weight excluding hydrogens is 194 g/mol. The Hall–Kier alpha value is -1.84. The third-order valence-electron chi connectivity index (χ3n) is 2.07. The highest BCUT2D eigenvalue weighted by Crippen LogP contribution is 2.03. The lowest BCUT2D eigenvalue weighted by Gasteiger charge is -2.13. The Balaban J connectivity index is 2.67. The number of amides is 1. The highest BCUT2D eigenvalue weighted by atomic mass is 16.4. The van der Waals surface area contributed by atoms with Crippen molar-refractivity contribution in [2.24, 2.45) is 0 Å². The minimum Gasteiger partial charge on any atom is -0.465 e. The van der Waals surface area contributed by atoms with Crippen molar-refractivity contribution in [2.75, 3.05) is 0 Å². The second kappa shape index (κ2) is 5.14. The van der Waals surface area contributed by atoms with Crippen molar-refractivity contribution in [1.82, 2.24) is 5.32 Å². The largest absolute Gasteiger partial charge is 0.465 e. The number of hydrogen-bond acceptors (Lipinski definition) is 2. The van der Waals surface area contributed by atoms with E-state index < -0.39 is 12.1 Å². The number of benzene rings is 1. The van der Waals surface area contributed by atoms with Crippen LogP contribution in [0.2, 0.25) is 0 Å². The van der Waals surface area contributed by atoms with Crippen LogP contribution < -0.4 is 5.32 Å². The predicted molar refractivity (Wildman–Crippen MR) is 55.8 cm³/mol. The first-order chi connectivity index (χ1) is 7.09. The van der Waals surface area contributed by atoms with Crippen molar-refractivity contribution in [3.63, 3.8) is 0 Å². The van der Waals surface area contributed by atoms with Gasteiger partial charge in [-0.25, -0.2) is 4.79 Å². The normalized spacial score (nSPS) is 11.8. The van der Waals surface area contributed by atoms with Crippen LogP contribution in [0, 0.1) is 0 Å². The second-order valence-electron chi connectivity index (χ2n) is 3.30. The van der Waals surface area contributed by atoms with E-state index in [9.17, 15) is 9.59 Å². The smallest absolute Gasteiger partial charge is 0.405 e. The Bertz CT molecular complexity index is 348. The summed E-state index contributed by atoms with van der Waals surface area (Å²) in [5.74, 6) is -0.179. The van der Waals surface area contributed by atoms with Crippen LogP contribution >= 0.6 is 0 Å². The van der Waals surface area contributed by atoms with Gasteiger partial charge in [0.05, 0.1) is 6.04 Å². The Morgan fingerprint density at radius 2 is 1.93 bits per heavy atom. The molecule has 0 heterocycles. The zero-order chi connectivity index (χ0) is 11.3. The molecule has 1 amide bonds. The standard InChI is InChI=1S/C11H13NO3/c1-8(13)10(12-11(14)15)7-9-5-3-2-4-6-9/h2-6,10,12H,7H2,1H3,(H,14,15). The van der Waals surface area contributed by atoms with E-state index in [1.54, 1.807) is 0 Å². The number of carbonyl (C=O) groups is 2. The van der Waals surface area contributed by atoms with Crippen LogP contribution in [0.3, 0.4) is 0 Å². The summed E-state index contributed by atoms with van der Waals surface area (Å²) in [5.41, 5.74) is 0.937. The molecule has 4 heteroatoms. The van der Waals surface area contributed by atoms with Crippen LogP contribution in [0.25, 0.3) is 0 Å². The number of carbonyl (C=O) groups excluding carboxylic acids is 1. The quantitative estimate of drug-likeness (QED) is 0.785. The van der Waals surface area contributed by atoms with Gasteiger partial charge in [-0.1, -0.05) is 30.3 Å². The van der Waals surface area contributed by atoms with Crippen LogP contribution in [-0.2, 0) is 11.2 Å². The summed E-state index contributed by atoms with van der Waals surface area (Å²) in [6.45, 7) is 1.38. The fraction of sp³-hybridized carbons (Fsp3) is 0.273. The van der Waals surface area contributed by atoms with Gasteiger partial charge in [0.1, 0.15) is 0 Å². The minimum atomic E-state index is -1.17.